The van der Waals surface area contributed by atoms with Crippen molar-refractivity contribution in [3.63, 3.8) is 0 Å². The zero-order valence-corrected chi connectivity index (χ0v) is 17.7. The highest BCUT2D eigenvalue weighted by atomic mass is 16.3. The molecule has 5 rings (SSSR count). The molecule has 4 aromatic rings. The maximum atomic E-state index is 11.1. The third-order valence-electron chi connectivity index (χ3n) is 6.97. The van der Waals surface area contributed by atoms with Crippen LogP contribution < -0.4 is 11.5 Å². The Bertz CT molecular complexity index is 1320. The lowest BCUT2D eigenvalue weighted by molar-refractivity contribution is -0.0143. The molecule has 32 heavy (non-hydrogen) atoms. The number of benzene rings is 1. The number of aryl methyl sites for hydroxylation is 1. The third kappa shape index (κ3) is 3.21. The Morgan fingerprint density at radius 3 is 2.78 bits per heavy atom. The fourth-order valence-corrected chi connectivity index (χ4v) is 5.06. The summed E-state index contributed by atoms with van der Waals surface area (Å²) >= 11 is 0. The number of nitrogens with two attached hydrogens (primary N) is 2. The van der Waals surface area contributed by atoms with Gasteiger partial charge in [-0.2, -0.15) is 0 Å². The maximum absolute atomic E-state index is 11.1. The Kier molecular flexibility index (Phi) is 4.87. The van der Waals surface area contributed by atoms with Crippen LogP contribution in [0, 0.1) is 5.41 Å². The third-order valence-corrected chi connectivity index (χ3v) is 6.97. The molecule has 1 fully saturated rings. The summed E-state index contributed by atoms with van der Waals surface area (Å²) in [5.74, 6) is 0.489. The highest BCUT2D eigenvalue weighted by Gasteiger charge is 2.51. The van der Waals surface area contributed by atoms with Gasteiger partial charge in [0.05, 0.1) is 17.7 Å². The average molecular weight is 430 g/mol. The monoisotopic (exact) mass is 429 g/mol. The molecule has 6 N–H and O–H groups in total. The highest BCUT2D eigenvalue weighted by molar-refractivity contribution is 5.88. The largest absolute Gasteiger partial charge is 0.398 e. The van der Waals surface area contributed by atoms with Gasteiger partial charge in [-0.1, -0.05) is 18.2 Å². The Hall–Kier alpha value is -3.42. The normalized spacial score (nSPS) is 25.5. The SMILES string of the molecule is C=C[C@]1(CCc2ccc3ccc(N)nc3c2)C[C@@H](n2ccc3c(N)ccnc32)[C@H](O)[C@@H]1O. The topological polar surface area (TPSA) is 123 Å². The summed E-state index contributed by atoms with van der Waals surface area (Å²) in [6, 6.07) is 13.2. The van der Waals surface area contributed by atoms with Crippen LogP contribution in [0.1, 0.15) is 24.4 Å². The second kappa shape index (κ2) is 7.62. The minimum Gasteiger partial charge on any atom is -0.398 e. The molecular formula is C25H27N5O2. The van der Waals surface area contributed by atoms with Crippen molar-refractivity contribution < 1.29 is 10.2 Å². The van der Waals surface area contributed by atoms with Gasteiger partial charge in [0, 0.05) is 34.3 Å². The highest BCUT2D eigenvalue weighted by Crippen LogP contribution is 2.49. The number of pyridine rings is 2. The maximum Gasteiger partial charge on any atom is 0.142 e. The molecule has 4 atom stereocenters. The number of hydrogen-bond donors (Lipinski definition) is 4. The average Bonchev–Trinajstić information content (AvgIpc) is 3.33. The van der Waals surface area contributed by atoms with Gasteiger partial charge in [0.25, 0.3) is 0 Å². The molecule has 0 saturated heterocycles. The van der Waals surface area contributed by atoms with Crippen molar-refractivity contribution in [1.29, 1.82) is 0 Å². The van der Waals surface area contributed by atoms with E-state index in [-0.39, 0.29) is 6.04 Å². The molecule has 1 aliphatic carbocycles. The lowest BCUT2D eigenvalue weighted by atomic mass is 9.78. The molecule has 1 saturated carbocycles. The number of fused-ring (bicyclic) bond motifs is 2. The fourth-order valence-electron chi connectivity index (χ4n) is 5.06. The van der Waals surface area contributed by atoms with Crippen molar-refractivity contribution >= 4 is 33.4 Å². The van der Waals surface area contributed by atoms with Crippen LogP contribution in [-0.4, -0.2) is 37.0 Å². The van der Waals surface area contributed by atoms with Gasteiger partial charge in [0.1, 0.15) is 17.6 Å². The fraction of sp³-hybridized carbons (Fsp3) is 0.280. The van der Waals surface area contributed by atoms with Crippen LogP contribution >= 0.6 is 0 Å². The van der Waals surface area contributed by atoms with Crippen molar-refractivity contribution in [1.82, 2.24) is 14.5 Å². The lowest BCUT2D eigenvalue weighted by Crippen LogP contribution is -2.35. The van der Waals surface area contributed by atoms with Crippen molar-refractivity contribution in [2.45, 2.75) is 37.5 Å². The summed E-state index contributed by atoms with van der Waals surface area (Å²) in [6.45, 7) is 4.02. The first-order valence-corrected chi connectivity index (χ1v) is 10.8. The first kappa shape index (κ1) is 20.5. The van der Waals surface area contributed by atoms with Crippen LogP contribution in [0.2, 0.25) is 0 Å². The summed E-state index contributed by atoms with van der Waals surface area (Å²) < 4.78 is 1.92. The number of hydrogen-bond acceptors (Lipinski definition) is 6. The van der Waals surface area contributed by atoms with E-state index in [0.717, 1.165) is 21.9 Å². The molecule has 0 radical (unpaired) electrons. The minimum absolute atomic E-state index is 0.326. The molecule has 7 nitrogen and oxygen atoms in total. The van der Waals surface area contributed by atoms with Gasteiger partial charge in [-0.3, -0.25) is 0 Å². The van der Waals surface area contributed by atoms with Gasteiger partial charge in [-0.25, -0.2) is 9.97 Å². The first-order chi connectivity index (χ1) is 15.4. The Morgan fingerprint density at radius 1 is 1.16 bits per heavy atom. The van der Waals surface area contributed by atoms with Crippen molar-refractivity contribution in [3.8, 4) is 0 Å². The van der Waals surface area contributed by atoms with Crippen molar-refractivity contribution in [2.75, 3.05) is 11.5 Å². The Labute approximate surface area is 186 Å². The summed E-state index contributed by atoms with van der Waals surface area (Å²) in [4.78, 5) is 8.87. The van der Waals surface area contributed by atoms with Gasteiger partial charge in [-0.05, 0) is 55.2 Å². The van der Waals surface area contributed by atoms with Crippen LogP contribution in [0.4, 0.5) is 11.5 Å². The standard InChI is InChI=1S/C25H27N5O2/c1-2-25(10-7-15-3-4-16-5-6-21(27)29-19(16)13-15)14-20(22(31)23(25)32)30-12-9-17-18(26)8-11-28-24(17)30/h2-6,8-9,11-13,20,22-23,31-32H,1,7,10,14H2,(H2,26,28)(H2,27,29)/t20-,22+,23+,25+/m1/s1. The van der Waals surface area contributed by atoms with Gasteiger partial charge in [-0.15, -0.1) is 6.58 Å². The number of rotatable bonds is 5. The van der Waals surface area contributed by atoms with Crippen LogP contribution in [-0.2, 0) is 6.42 Å². The van der Waals surface area contributed by atoms with Crippen LogP contribution in [0.15, 0.2) is 67.5 Å². The number of nitrogen functional groups attached to an aromatic ring is 2. The second-order valence-corrected chi connectivity index (χ2v) is 8.77. The van der Waals surface area contributed by atoms with E-state index in [4.69, 9.17) is 11.5 Å². The molecule has 3 aromatic heterocycles. The molecule has 1 aliphatic rings. The Morgan fingerprint density at radius 2 is 1.97 bits per heavy atom. The van der Waals surface area contributed by atoms with Crippen LogP contribution in [0.25, 0.3) is 21.9 Å². The molecule has 1 aromatic carbocycles. The number of aliphatic hydroxyl groups excluding tert-OH is 2. The van der Waals surface area contributed by atoms with Crippen molar-refractivity contribution in [2.24, 2.45) is 5.41 Å². The summed E-state index contributed by atoms with van der Waals surface area (Å²) in [7, 11) is 0. The smallest absolute Gasteiger partial charge is 0.142 e. The van der Waals surface area contributed by atoms with E-state index >= 15 is 0 Å². The molecule has 0 bridgehead atoms. The summed E-state index contributed by atoms with van der Waals surface area (Å²) in [5.41, 5.74) is 14.6. The molecular weight excluding hydrogens is 402 g/mol. The van der Waals surface area contributed by atoms with Crippen molar-refractivity contribution in [3.05, 3.63) is 73.1 Å². The first-order valence-electron chi connectivity index (χ1n) is 10.8. The number of aliphatic hydroxyl groups is 2. The predicted octanol–water partition coefficient (Wildman–Crippen LogP) is 3.22. The van der Waals surface area contributed by atoms with E-state index in [9.17, 15) is 10.2 Å². The van der Waals surface area contributed by atoms with Crippen LogP contribution in [0.5, 0.6) is 0 Å². The van der Waals surface area contributed by atoms with Crippen LogP contribution in [0.3, 0.4) is 0 Å². The lowest BCUT2D eigenvalue weighted by Gasteiger charge is -2.29. The summed E-state index contributed by atoms with van der Waals surface area (Å²) in [6.07, 6.45) is 5.38. The van der Waals surface area contributed by atoms with Gasteiger partial charge < -0.3 is 26.2 Å². The molecule has 0 aliphatic heterocycles. The summed E-state index contributed by atoms with van der Waals surface area (Å²) in [5, 5.41) is 23.9. The zero-order valence-electron chi connectivity index (χ0n) is 17.7. The zero-order chi connectivity index (χ0) is 22.5. The number of nitrogens with zero attached hydrogens (tertiary/aromatic N) is 3. The van der Waals surface area contributed by atoms with E-state index < -0.39 is 17.6 Å². The molecule has 164 valence electrons. The molecule has 0 unspecified atom stereocenters. The molecule has 3 heterocycles. The molecule has 7 heteroatoms. The Balaban J connectivity index is 1.42. The van der Waals surface area contributed by atoms with E-state index in [1.54, 1.807) is 24.4 Å². The van der Waals surface area contributed by atoms with E-state index in [1.165, 1.54) is 0 Å². The van der Waals surface area contributed by atoms with E-state index in [1.807, 2.05) is 35.0 Å². The minimum atomic E-state index is -0.940. The van der Waals surface area contributed by atoms with Gasteiger partial charge in [0.15, 0.2) is 0 Å². The van der Waals surface area contributed by atoms with E-state index in [0.29, 0.717) is 36.4 Å². The van der Waals surface area contributed by atoms with E-state index in [2.05, 4.69) is 22.6 Å². The number of aromatic nitrogens is 3. The van der Waals surface area contributed by atoms with Gasteiger partial charge in [0.2, 0.25) is 0 Å². The number of anilines is 2. The quantitative estimate of drug-likeness (QED) is 0.361. The molecule has 0 amide bonds. The second-order valence-electron chi connectivity index (χ2n) is 8.77. The van der Waals surface area contributed by atoms with Gasteiger partial charge >= 0.3 is 0 Å². The predicted molar refractivity (Wildman–Crippen MR) is 127 cm³/mol. The molecule has 0 spiro atoms.